The van der Waals surface area contributed by atoms with Crippen molar-refractivity contribution in [3.8, 4) is 0 Å². The van der Waals surface area contributed by atoms with Crippen molar-refractivity contribution in [1.29, 1.82) is 0 Å². The molecule has 0 radical (unpaired) electrons. The summed E-state index contributed by atoms with van der Waals surface area (Å²) in [6, 6.07) is 3.42. The van der Waals surface area contributed by atoms with Crippen molar-refractivity contribution in [2.24, 2.45) is 5.41 Å². The summed E-state index contributed by atoms with van der Waals surface area (Å²) < 4.78 is 0. The predicted molar refractivity (Wildman–Crippen MR) is 74.5 cm³/mol. The SMILES string of the molecule is Cc1ccc(NC(=O)N2CCC(C)(C(=O)O)CC2)cn1. The number of carbonyl (C=O) groups excluding carboxylic acids is 1. The first kappa shape index (κ1) is 14.3. The molecule has 2 rings (SSSR count). The van der Waals surface area contributed by atoms with Crippen molar-refractivity contribution in [3.63, 3.8) is 0 Å². The van der Waals surface area contributed by atoms with Crippen molar-refractivity contribution in [1.82, 2.24) is 9.88 Å². The first-order chi connectivity index (χ1) is 9.40. The Labute approximate surface area is 117 Å². The Morgan fingerprint density at radius 1 is 1.35 bits per heavy atom. The molecule has 0 atom stereocenters. The van der Waals surface area contributed by atoms with Crippen LogP contribution in [0.2, 0.25) is 0 Å². The van der Waals surface area contributed by atoms with E-state index in [0.717, 1.165) is 5.69 Å². The Morgan fingerprint density at radius 3 is 2.50 bits per heavy atom. The number of hydrogen-bond donors (Lipinski definition) is 2. The van der Waals surface area contributed by atoms with Gasteiger partial charge in [-0.1, -0.05) is 0 Å². The van der Waals surface area contributed by atoms with E-state index < -0.39 is 11.4 Å². The molecule has 2 N–H and O–H groups in total. The number of pyridine rings is 1. The third-order valence-electron chi connectivity index (χ3n) is 3.83. The van der Waals surface area contributed by atoms with Crippen molar-refractivity contribution < 1.29 is 14.7 Å². The molecule has 1 fully saturated rings. The van der Waals surface area contributed by atoms with Gasteiger partial charge in [0.25, 0.3) is 0 Å². The third-order valence-corrected chi connectivity index (χ3v) is 3.83. The average molecular weight is 277 g/mol. The Hall–Kier alpha value is -2.11. The normalized spacial score (nSPS) is 17.6. The van der Waals surface area contributed by atoms with Crippen LogP contribution >= 0.6 is 0 Å². The number of likely N-dealkylation sites (tertiary alicyclic amines) is 1. The molecule has 1 aliphatic heterocycles. The van der Waals surface area contributed by atoms with Gasteiger partial charge in [0.2, 0.25) is 0 Å². The highest BCUT2D eigenvalue weighted by Gasteiger charge is 2.38. The number of hydrogen-bond acceptors (Lipinski definition) is 3. The Kier molecular flexibility index (Phi) is 3.92. The van der Waals surface area contributed by atoms with Crippen molar-refractivity contribution in [2.75, 3.05) is 18.4 Å². The molecule has 2 amide bonds. The van der Waals surface area contributed by atoms with Gasteiger partial charge >= 0.3 is 12.0 Å². The van der Waals surface area contributed by atoms with Crippen LogP contribution in [0.25, 0.3) is 0 Å². The van der Waals surface area contributed by atoms with E-state index in [0.29, 0.717) is 31.6 Å². The minimum Gasteiger partial charge on any atom is -0.481 e. The first-order valence-corrected chi connectivity index (χ1v) is 6.63. The number of urea groups is 1. The number of aryl methyl sites for hydroxylation is 1. The van der Waals surface area contributed by atoms with Gasteiger partial charge in [0, 0.05) is 18.8 Å². The number of amides is 2. The fraction of sp³-hybridized carbons (Fsp3) is 0.500. The van der Waals surface area contributed by atoms with Crippen molar-refractivity contribution >= 4 is 17.7 Å². The number of carboxylic acids is 1. The predicted octanol–water partition coefficient (Wildman–Crippen LogP) is 2.11. The molecular weight excluding hydrogens is 258 g/mol. The third kappa shape index (κ3) is 3.07. The van der Waals surface area contributed by atoms with E-state index in [1.807, 2.05) is 13.0 Å². The highest BCUT2D eigenvalue weighted by molar-refractivity contribution is 5.89. The number of carbonyl (C=O) groups is 2. The zero-order valence-corrected chi connectivity index (χ0v) is 11.7. The summed E-state index contributed by atoms with van der Waals surface area (Å²) in [6.45, 7) is 4.51. The summed E-state index contributed by atoms with van der Waals surface area (Å²) in [5.41, 5.74) is 0.813. The highest BCUT2D eigenvalue weighted by Crippen LogP contribution is 2.31. The molecule has 0 saturated carbocycles. The molecule has 20 heavy (non-hydrogen) atoms. The number of piperidine rings is 1. The molecule has 1 saturated heterocycles. The van der Waals surface area contributed by atoms with Crippen LogP contribution in [0.15, 0.2) is 18.3 Å². The van der Waals surface area contributed by atoms with E-state index in [4.69, 9.17) is 5.11 Å². The van der Waals surface area contributed by atoms with Gasteiger partial charge in [-0.15, -0.1) is 0 Å². The van der Waals surface area contributed by atoms with Gasteiger partial charge in [-0.05, 0) is 38.8 Å². The molecule has 0 spiro atoms. The quantitative estimate of drug-likeness (QED) is 0.867. The molecule has 2 heterocycles. The van der Waals surface area contributed by atoms with Gasteiger partial charge in [-0.2, -0.15) is 0 Å². The van der Waals surface area contributed by atoms with Crippen LogP contribution in [0.4, 0.5) is 10.5 Å². The monoisotopic (exact) mass is 277 g/mol. The summed E-state index contributed by atoms with van der Waals surface area (Å²) in [4.78, 5) is 29.0. The molecule has 0 aromatic carbocycles. The van der Waals surface area contributed by atoms with Gasteiger partial charge in [0.1, 0.15) is 0 Å². The molecule has 6 nitrogen and oxygen atoms in total. The van der Waals surface area contributed by atoms with E-state index in [1.54, 1.807) is 24.1 Å². The lowest BCUT2D eigenvalue weighted by atomic mass is 9.80. The van der Waals surface area contributed by atoms with Crippen LogP contribution in [0.5, 0.6) is 0 Å². The molecule has 6 heteroatoms. The fourth-order valence-electron chi connectivity index (χ4n) is 2.16. The zero-order chi connectivity index (χ0) is 14.8. The molecular formula is C14H19N3O3. The lowest BCUT2D eigenvalue weighted by molar-refractivity contribution is -0.150. The van der Waals surface area contributed by atoms with E-state index in [2.05, 4.69) is 10.3 Å². The van der Waals surface area contributed by atoms with Crippen LogP contribution in [-0.2, 0) is 4.79 Å². The molecule has 1 aromatic rings. The van der Waals surface area contributed by atoms with E-state index in [1.165, 1.54) is 0 Å². The molecule has 1 aromatic heterocycles. The van der Waals surface area contributed by atoms with Crippen molar-refractivity contribution in [2.45, 2.75) is 26.7 Å². The second kappa shape index (κ2) is 5.48. The lowest BCUT2D eigenvalue weighted by Crippen LogP contribution is -2.46. The van der Waals surface area contributed by atoms with E-state index in [9.17, 15) is 9.59 Å². The first-order valence-electron chi connectivity index (χ1n) is 6.63. The minimum absolute atomic E-state index is 0.205. The van der Waals surface area contributed by atoms with Gasteiger partial charge in [0.15, 0.2) is 0 Å². The van der Waals surface area contributed by atoms with Gasteiger partial charge in [-0.3, -0.25) is 9.78 Å². The van der Waals surface area contributed by atoms with Crippen LogP contribution in [-0.4, -0.2) is 40.1 Å². The summed E-state index contributed by atoms with van der Waals surface area (Å²) >= 11 is 0. The second-order valence-electron chi connectivity index (χ2n) is 5.47. The maximum Gasteiger partial charge on any atom is 0.321 e. The fourth-order valence-corrected chi connectivity index (χ4v) is 2.16. The molecule has 0 bridgehead atoms. The van der Waals surface area contributed by atoms with Crippen LogP contribution in [0.3, 0.4) is 0 Å². The van der Waals surface area contributed by atoms with E-state index >= 15 is 0 Å². The summed E-state index contributed by atoms with van der Waals surface area (Å²) in [5.74, 6) is -0.791. The Balaban J connectivity index is 1.92. The van der Waals surface area contributed by atoms with E-state index in [-0.39, 0.29) is 6.03 Å². The smallest absolute Gasteiger partial charge is 0.321 e. The minimum atomic E-state index is -0.791. The number of rotatable bonds is 2. The molecule has 108 valence electrons. The Morgan fingerprint density at radius 2 is 2.00 bits per heavy atom. The van der Waals surface area contributed by atoms with Crippen LogP contribution < -0.4 is 5.32 Å². The average Bonchev–Trinajstić information content (AvgIpc) is 2.42. The van der Waals surface area contributed by atoms with Gasteiger partial charge in [0.05, 0.1) is 17.3 Å². The number of nitrogens with one attached hydrogen (secondary N) is 1. The maximum atomic E-state index is 12.1. The second-order valence-corrected chi connectivity index (χ2v) is 5.47. The molecule has 0 unspecified atom stereocenters. The maximum absolute atomic E-state index is 12.1. The Bertz CT molecular complexity index is 505. The van der Waals surface area contributed by atoms with Crippen molar-refractivity contribution in [3.05, 3.63) is 24.0 Å². The highest BCUT2D eigenvalue weighted by atomic mass is 16.4. The number of carboxylic acid groups (broad SMARTS) is 1. The standard InChI is InChI=1S/C14H19N3O3/c1-10-3-4-11(9-15-10)16-13(20)17-7-5-14(2,6-8-17)12(18)19/h3-4,9H,5-8H2,1-2H3,(H,16,20)(H,18,19). The number of aromatic nitrogens is 1. The topological polar surface area (TPSA) is 82.5 Å². The number of anilines is 1. The summed E-state index contributed by atoms with van der Waals surface area (Å²) in [5, 5.41) is 11.9. The summed E-state index contributed by atoms with van der Waals surface area (Å²) in [6.07, 6.45) is 2.56. The molecule has 0 aliphatic carbocycles. The van der Waals surface area contributed by atoms with Crippen LogP contribution in [0, 0.1) is 12.3 Å². The lowest BCUT2D eigenvalue weighted by Gasteiger charge is -2.36. The van der Waals surface area contributed by atoms with Crippen LogP contribution in [0.1, 0.15) is 25.5 Å². The van der Waals surface area contributed by atoms with Gasteiger partial charge < -0.3 is 15.3 Å². The number of nitrogens with zero attached hydrogens (tertiary/aromatic N) is 2. The number of aliphatic carboxylic acids is 1. The van der Waals surface area contributed by atoms with Gasteiger partial charge in [-0.25, -0.2) is 4.79 Å². The zero-order valence-electron chi connectivity index (χ0n) is 11.7. The summed E-state index contributed by atoms with van der Waals surface area (Å²) in [7, 11) is 0. The largest absolute Gasteiger partial charge is 0.481 e. The molecule has 1 aliphatic rings.